The van der Waals surface area contributed by atoms with E-state index in [4.69, 9.17) is 4.74 Å². The first-order chi connectivity index (χ1) is 15.9. The van der Waals surface area contributed by atoms with E-state index in [0.717, 1.165) is 19.3 Å². The monoisotopic (exact) mass is 478 g/mol. The summed E-state index contributed by atoms with van der Waals surface area (Å²) in [5.74, 6) is -1.52. The molecule has 2 amide bonds. The summed E-state index contributed by atoms with van der Waals surface area (Å²) < 4.78 is 4.76. The van der Waals surface area contributed by atoms with Crippen LogP contribution in [0.1, 0.15) is 46.0 Å². The second-order valence-electron chi connectivity index (χ2n) is 9.36. The largest absolute Gasteiger partial charge is 0.461 e. The summed E-state index contributed by atoms with van der Waals surface area (Å²) in [6.45, 7) is 13.2. The van der Waals surface area contributed by atoms with Crippen molar-refractivity contribution >= 4 is 29.5 Å². The molecular formula is C25H38N2O5S. The molecule has 0 aromatic carbocycles. The molecule has 2 bridgehead atoms. The Morgan fingerprint density at radius 2 is 2.06 bits per heavy atom. The van der Waals surface area contributed by atoms with E-state index in [-0.39, 0.29) is 42.2 Å². The van der Waals surface area contributed by atoms with Gasteiger partial charge in [-0.05, 0) is 31.6 Å². The van der Waals surface area contributed by atoms with E-state index >= 15 is 0 Å². The zero-order valence-electron chi connectivity index (χ0n) is 19.9. The summed E-state index contributed by atoms with van der Waals surface area (Å²) in [7, 11) is 0. The summed E-state index contributed by atoms with van der Waals surface area (Å²) in [5.41, 5.74) is 0. The molecule has 3 rings (SSSR count). The molecule has 3 saturated heterocycles. The van der Waals surface area contributed by atoms with Crippen molar-refractivity contribution in [3.05, 3.63) is 25.3 Å². The number of esters is 1. The SMILES string of the molecule is C=CCOC(=O)[C@@H]1[C@@H]2CC(C)C3(S2)C(C(=O)N(CC=C)CCCC)N(CCCCO)C(=O)[C@H]13. The van der Waals surface area contributed by atoms with Crippen LogP contribution < -0.4 is 0 Å². The van der Waals surface area contributed by atoms with Gasteiger partial charge in [0.1, 0.15) is 12.6 Å². The zero-order chi connectivity index (χ0) is 24.2. The summed E-state index contributed by atoms with van der Waals surface area (Å²) in [6, 6.07) is -0.618. The highest BCUT2D eigenvalue weighted by molar-refractivity contribution is 8.02. The highest BCUT2D eigenvalue weighted by Gasteiger charge is 2.76. The Morgan fingerprint density at radius 1 is 1.30 bits per heavy atom. The van der Waals surface area contributed by atoms with Crippen LogP contribution in [0.5, 0.6) is 0 Å². The van der Waals surface area contributed by atoms with E-state index in [0.29, 0.717) is 32.5 Å². The number of likely N-dealkylation sites (tertiary alicyclic amines) is 1. The van der Waals surface area contributed by atoms with Gasteiger partial charge in [-0.3, -0.25) is 14.4 Å². The van der Waals surface area contributed by atoms with Crippen LogP contribution in [0.2, 0.25) is 0 Å². The van der Waals surface area contributed by atoms with Crippen LogP contribution in [0.15, 0.2) is 25.3 Å². The Balaban J connectivity index is 2.00. The standard InChI is InChI=1S/C25H38N2O5S/c1-5-8-12-26(11-6-2)23(30)21-25-17(4)16-18(33-25)19(24(31)32-15-7-3)20(25)22(29)27(21)13-9-10-14-28/h6-7,17-21,28H,2-3,5,8-16H2,1,4H3/t17?,18-,19+,20-,21?,25?/m0/s1. The van der Waals surface area contributed by atoms with Gasteiger partial charge in [0.2, 0.25) is 11.8 Å². The van der Waals surface area contributed by atoms with E-state index < -0.39 is 22.6 Å². The Kier molecular flexibility index (Phi) is 8.67. The van der Waals surface area contributed by atoms with Crippen LogP contribution >= 0.6 is 11.8 Å². The zero-order valence-corrected chi connectivity index (χ0v) is 20.7. The fourth-order valence-corrected chi connectivity index (χ4v) is 8.31. The molecule has 7 nitrogen and oxygen atoms in total. The fourth-order valence-electron chi connectivity index (χ4n) is 5.91. The molecule has 0 aromatic rings. The van der Waals surface area contributed by atoms with E-state index in [1.165, 1.54) is 6.08 Å². The maximum atomic E-state index is 14.0. The average Bonchev–Trinajstić information content (AvgIpc) is 3.38. The number of unbranched alkanes of at least 4 members (excludes halogenated alkanes) is 2. The smallest absolute Gasteiger partial charge is 0.311 e. The maximum Gasteiger partial charge on any atom is 0.311 e. The molecule has 1 spiro atoms. The van der Waals surface area contributed by atoms with Crippen molar-refractivity contribution in [2.24, 2.45) is 17.8 Å². The van der Waals surface area contributed by atoms with Gasteiger partial charge in [0.15, 0.2) is 0 Å². The van der Waals surface area contributed by atoms with Gasteiger partial charge < -0.3 is 19.6 Å². The predicted molar refractivity (Wildman–Crippen MR) is 130 cm³/mol. The molecule has 1 N–H and O–H groups in total. The second kappa shape index (κ2) is 11.1. The quantitative estimate of drug-likeness (QED) is 0.249. The Morgan fingerprint density at radius 3 is 2.70 bits per heavy atom. The Labute approximate surface area is 201 Å². The van der Waals surface area contributed by atoms with Crippen LogP contribution in [-0.4, -0.2) is 81.6 Å². The highest BCUT2D eigenvalue weighted by Crippen LogP contribution is 2.68. The number of aliphatic hydroxyl groups is 1. The van der Waals surface area contributed by atoms with E-state index in [1.807, 2.05) is 4.90 Å². The van der Waals surface area contributed by atoms with Gasteiger partial charge in [-0.2, -0.15) is 0 Å². The number of rotatable bonds is 13. The normalized spacial score (nSPS) is 32.0. The molecule has 0 aliphatic carbocycles. The first kappa shape index (κ1) is 25.8. The lowest BCUT2D eigenvalue weighted by molar-refractivity contribution is -0.153. The van der Waals surface area contributed by atoms with E-state index in [2.05, 4.69) is 27.0 Å². The van der Waals surface area contributed by atoms with Gasteiger partial charge in [0.25, 0.3) is 0 Å². The summed E-state index contributed by atoms with van der Waals surface area (Å²) in [4.78, 5) is 44.4. The number of aliphatic hydroxyl groups excluding tert-OH is 1. The molecule has 8 heteroatoms. The lowest BCUT2D eigenvalue weighted by Crippen LogP contribution is -2.57. The molecule has 0 saturated carbocycles. The van der Waals surface area contributed by atoms with Gasteiger partial charge in [-0.25, -0.2) is 0 Å². The minimum Gasteiger partial charge on any atom is -0.461 e. The highest BCUT2D eigenvalue weighted by atomic mass is 32.2. The fraction of sp³-hybridized carbons (Fsp3) is 0.720. The number of carbonyl (C=O) groups is 3. The molecule has 3 fully saturated rings. The van der Waals surface area contributed by atoms with Crippen LogP contribution in [0.3, 0.4) is 0 Å². The third kappa shape index (κ3) is 4.48. The van der Waals surface area contributed by atoms with Crippen LogP contribution in [0.4, 0.5) is 0 Å². The molecule has 184 valence electrons. The van der Waals surface area contributed by atoms with Crippen molar-refractivity contribution in [1.82, 2.24) is 9.80 Å². The third-order valence-electron chi connectivity index (χ3n) is 7.34. The molecule has 6 atom stereocenters. The third-order valence-corrected chi connectivity index (χ3v) is 9.42. The van der Waals surface area contributed by atoms with E-state index in [9.17, 15) is 19.5 Å². The lowest BCUT2D eigenvalue weighted by Gasteiger charge is -2.40. The number of nitrogens with zero attached hydrogens (tertiary/aromatic N) is 2. The Bertz CT molecular complexity index is 774. The van der Waals surface area contributed by atoms with Crippen molar-refractivity contribution in [1.29, 1.82) is 0 Å². The molecular weight excluding hydrogens is 440 g/mol. The average molecular weight is 479 g/mol. The van der Waals surface area contributed by atoms with Crippen molar-refractivity contribution in [2.45, 2.75) is 62.0 Å². The molecule has 0 radical (unpaired) electrons. The second-order valence-corrected chi connectivity index (χ2v) is 10.9. The van der Waals surface area contributed by atoms with Crippen molar-refractivity contribution < 1.29 is 24.2 Å². The van der Waals surface area contributed by atoms with Crippen LogP contribution in [-0.2, 0) is 19.1 Å². The number of fused-ring (bicyclic) bond motifs is 1. The number of ether oxygens (including phenoxy) is 1. The van der Waals surface area contributed by atoms with Crippen molar-refractivity contribution in [3.8, 4) is 0 Å². The molecule has 33 heavy (non-hydrogen) atoms. The summed E-state index contributed by atoms with van der Waals surface area (Å²) in [6.07, 6.45) is 7.05. The molecule has 3 aliphatic heterocycles. The first-order valence-corrected chi connectivity index (χ1v) is 13.0. The van der Waals surface area contributed by atoms with Crippen LogP contribution in [0.25, 0.3) is 0 Å². The minimum atomic E-state index is -0.637. The summed E-state index contributed by atoms with van der Waals surface area (Å²) >= 11 is 1.66. The number of hydrogen-bond donors (Lipinski definition) is 1. The number of hydrogen-bond acceptors (Lipinski definition) is 6. The van der Waals surface area contributed by atoms with Gasteiger partial charge in [0.05, 0.1) is 16.6 Å². The van der Waals surface area contributed by atoms with Crippen molar-refractivity contribution in [3.63, 3.8) is 0 Å². The summed E-state index contributed by atoms with van der Waals surface area (Å²) in [5, 5.41) is 9.25. The topological polar surface area (TPSA) is 87.2 Å². The number of amides is 2. The van der Waals surface area contributed by atoms with Gasteiger partial charge >= 0.3 is 5.97 Å². The van der Waals surface area contributed by atoms with Crippen molar-refractivity contribution in [2.75, 3.05) is 32.8 Å². The number of thioether (sulfide) groups is 1. The lowest BCUT2D eigenvalue weighted by atomic mass is 9.66. The van der Waals surface area contributed by atoms with E-state index in [1.54, 1.807) is 22.7 Å². The Hall–Kier alpha value is -1.80. The van der Waals surface area contributed by atoms with Gasteiger partial charge in [-0.1, -0.05) is 39.0 Å². The first-order valence-electron chi connectivity index (χ1n) is 12.1. The van der Waals surface area contributed by atoms with Gasteiger partial charge in [0, 0.05) is 31.5 Å². The molecule has 3 aliphatic rings. The van der Waals surface area contributed by atoms with Crippen LogP contribution in [0, 0.1) is 17.8 Å². The molecule has 3 heterocycles. The number of carbonyl (C=O) groups excluding carboxylic acids is 3. The molecule has 3 unspecified atom stereocenters. The predicted octanol–water partition coefficient (Wildman–Crippen LogP) is 2.64. The molecule has 0 aromatic heterocycles. The maximum absolute atomic E-state index is 14.0. The van der Waals surface area contributed by atoms with Gasteiger partial charge in [-0.15, -0.1) is 18.3 Å². The minimum absolute atomic E-state index is 0.0235.